The fourth-order valence-corrected chi connectivity index (χ4v) is 4.84. The number of ether oxygens (including phenoxy) is 2. The van der Waals surface area contributed by atoms with Crippen LogP contribution < -0.4 is 9.47 Å². The molecule has 2 aliphatic rings. The highest BCUT2D eigenvalue weighted by molar-refractivity contribution is 8.18. The molecule has 0 aromatic heterocycles. The molecule has 0 unspecified atom stereocenters. The second-order valence-corrected chi connectivity index (χ2v) is 9.53. The highest BCUT2D eigenvalue weighted by atomic mass is 32.2. The first-order valence-electron chi connectivity index (χ1n) is 11.8. The van der Waals surface area contributed by atoms with Crippen molar-refractivity contribution in [2.45, 2.75) is 25.9 Å². The zero-order valence-electron chi connectivity index (χ0n) is 20.5. The fraction of sp³-hybridized carbons (Fsp3) is 0.320. The second kappa shape index (κ2) is 11.4. The molecule has 39 heavy (non-hydrogen) atoms. The first kappa shape index (κ1) is 28.0. The maximum absolute atomic E-state index is 13.0. The lowest BCUT2D eigenvalue weighted by atomic mass is 10.1. The lowest BCUT2D eigenvalue weighted by Gasteiger charge is -2.18. The highest BCUT2D eigenvalue weighted by Crippen LogP contribution is 2.41. The Hall–Kier alpha value is -4.07. The predicted octanol–water partition coefficient (Wildman–Crippen LogP) is 5.46. The summed E-state index contributed by atoms with van der Waals surface area (Å²) in [7, 11) is 0. The minimum atomic E-state index is -4.77. The molecule has 2 saturated heterocycles. The Bertz CT molecular complexity index is 1360. The van der Waals surface area contributed by atoms with Gasteiger partial charge in [-0.15, -0.1) is 0 Å². The number of nitro groups is 1. The third kappa shape index (κ3) is 6.33. The molecule has 2 aliphatic heterocycles. The van der Waals surface area contributed by atoms with E-state index in [1.54, 1.807) is 11.8 Å². The maximum atomic E-state index is 13.0. The molecule has 10 nitrogen and oxygen atoms in total. The summed E-state index contributed by atoms with van der Waals surface area (Å²) in [6.07, 6.45) is -1.59. The van der Waals surface area contributed by atoms with Crippen LogP contribution in [0.4, 0.5) is 23.7 Å². The van der Waals surface area contributed by atoms with Crippen LogP contribution in [0.2, 0.25) is 0 Å². The van der Waals surface area contributed by atoms with Gasteiger partial charge in [0, 0.05) is 19.2 Å². The van der Waals surface area contributed by atoms with E-state index in [9.17, 15) is 37.7 Å². The summed E-state index contributed by atoms with van der Waals surface area (Å²) >= 11 is 0.684. The van der Waals surface area contributed by atoms with E-state index in [0.29, 0.717) is 42.5 Å². The van der Waals surface area contributed by atoms with E-state index in [-0.39, 0.29) is 35.5 Å². The minimum Gasteiger partial charge on any atom is -0.490 e. The van der Waals surface area contributed by atoms with Gasteiger partial charge in [0.15, 0.2) is 11.5 Å². The number of hydrogen-bond donors (Lipinski definition) is 0. The number of amides is 3. The molecular formula is C25H22F3N3O7S. The van der Waals surface area contributed by atoms with Crippen LogP contribution in [0.25, 0.3) is 6.08 Å². The van der Waals surface area contributed by atoms with E-state index in [0.717, 1.165) is 23.8 Å². The van der Waals surface area contributed by atoms with Crippen LogP contribution in [0.3, 0.4) is 0 Å². The van der Waals surface area contributed by atoms with Gasteiger partial charge in [-0.1, -0.05) is 6.07 Å². The monoisotopic (exact) mass is 565 g/mol. The number of alkyl halides is 3. The molecule has 0 aliphatic carbocycles. The van der Waals surface area contributed by atoms with Crippen molar-refractivity contribution in [3.05, 3.63) is 62.5 Å². The van der Waals surface area contributed by atoms with E-state index >= 15 is 0 Å². The number of rotatable bonds is 8. The molecular weight excluding hydrogens is 543 g/mol. The zero-order chi connectivity index (χ0) is 28.3. The number of benzene rings is 2. The predicted molar refractivity (Wildman–Crippen MR) is 134 cm³/mol. The molecule has 2 aromatic carbocycles. The molecule has 0 N–H and O–H groups in total. The van der Waals surface area contributed by atoms with Crippen molar-refractivity contribution >= 4 is 40.6 Å². The van der Waals surface area contributed by atoms with Gasteiger partial charge in [-0.05, 0) is 67.4 Å². The first-order chi connectivity index (χ1) is 18.5. The van der Waals surface area contributed by atoms with Crippen LogP contribution in [0.1, 0.15) is 30.9 Å². The summed E-state index contributed by atoms with van der Waals surface area (Å²) in [5.74, 6) is -1.25. The molecule has 4 rings (SSSR count). The van der Waals surface area contributed by atoms with E-state index < -0.39 is 39.2 Å². The molecule has 0 saturated carbocycles. The van der Waals surface area contributed by atoms with Crippen molar-refractivity contribution in [3.8, 4) is 17.2 Å². The van der Waals surface area contributed by atoms with Gasteiger partial charge in [-0.2, -0.15) is 13.2 Å². The van der Waals surface area contributed by atoms with Crippen molar-refractivity contribution in [1.29, 1.82) is 0 Å². The number of nitrogens with zero attached hydrogens (tertiary/aromatic N) is 3. The van der Waals surface area contributed by atoms with Crippen LogP contribution in [0.5, 0.6) is 17.2 Å². The first-order valence-corrected chi connectivity index (χ1v) is 12.6. The molecule has 0 radical (unpaired) electrons. The van der Waals surface area contributed by atoms with Gasteiger partial charge in [0.2, 0.25) is 11.7 Å². The molecule has 2 heterocycles. The van der Waals surface area contributed by atoms with Gasteiger partial charge >= 0.3 is 11.9 Å². The van der Waals surface area contributed by atoms with Gasteiger partial charge < -0.3 is 14.4 Å². The molecule has 2 aromatic rings. The third-order valence-corrected chi connectivity index (χ3v) is 6.80. The Balaban J connectivity index is 1.57. The van der Waals surface area contributed by atoms with Crippen molar-refractivity contribution in [1.82, 2.24) is 9.80 Å². The number of nitro benzene ring substituents is 1. The number of likely N-dealkylation sites (tertiary alicyclic amines) is 1. The van der Waals surface area contributed by atoms with Crippen LogP contribution in [-0.2, 0) is 15.8 Å². The molecule has 3 amide bonds. The number of imide groups is 1. The van der Waals surface area contributed by atoms with Gasteiger partial charge in [0.1, 0.15) is 6.54 Å². The number of thioether (sulfide) groups is 1. The van der Waals surface area contributed by atoms with Crippen molar-refractivity contribution < 1.29 is 42.0 Å². The van der Waals surface area contributed by atoms with Crippen molar-refractivity contribution in [2.24, 2.45) is 0 Å². The summed E-state index contributed by atoms with van der Waals surface area (Å²) in [6, 6.07) is 6.22. The Morgan fingerprint density at radius 3 is 2.44 bits per heavy atom. The van der Waals surface area contributed by atoms with Gasteiger partial charge in [-0.25, -0.2) is 0 Å². The number of hydrogen-bond acceptors (Lipinski definition) is 8. The number of carbonyl (C=O) groups is 3. The van der Waals surface area contributed by atoms with E-state index in [1.165, 1.54) is 24.3 Å². The quantitative estimate of drug-likeness (QED) is 0.235. The second-order valence-electron chi connectivity index (χ2n) is 8.53. The smallest absolute Gasteiger partial charge is 0.416 e. The number of carbonyl (C=O) groups excluding carboxylic acids is 3. The Labute approximate surface area is 224 Å². The zero-order valence-corrected chi connectivity index (χ0v) is 21.3. The van der Waals surface area contributed by atoms with E-state index in [4.69, 9.17) is 9.47 Å². The SMILES string of the molecule is CCOc1cc(/C=C2\SC(=O)N(CC(=O)N3CCCC3)C2=O)ccc1Oc1ccc(C(F)(F)F)cc1[N+](=O)[O-]. The molecule has 0 spiro atoms. The summed E-state index contributed by atoms with van der Waals surface area (Å²) in [5, 5.41) is 10.8. The maximum Gasteiger partial charge on any atom is 0.416 e. The average Bonchev–Trinajstić information content (AvgIpc) is 3.50. The molecule has 206 valence electrons. The van der Waals surface area contributed by atoms with Crippen molar-refractivity contribution in [2.75, 3.05) is 26.2 Å². The fourth-order valence-electron chi connectivity index (χ4n) is 4.00. The van der Waals surface area contributed by atoms with Crippen LogP contribution >= 0.6 is 11.8 Å². The van der Waals surface area contributed by atoms with Gasteiger partial charge in [0.05, 0.1) is 22.0 Å². The summed E-state index contributed by atoms with van der Waals surface area (Å²) in [6.45, 7) is 2.67. The molecule has 14 heteroatoms. The highest BCUT2D eigenvalue weighted by Gasteiger charge is 2.37. The van der Waals surface area contributed by atoms with Gasteiger partial charge in [-0.3, -0.25) is 29.4 Å². The van der Waals surface area contributed by atoms with Crippen LogP contribution in [0, 0.1) is 10.1 Å². The Morgan fingerprint density at radius 1 is 1.10 bits per heavy atom. The average molecular weight is 566 g/mol. The van der Waals surface area contributed by atoms with E-state index in [1.807, 2.05) is 0 Å². The third-order valence-electron chi connectivity index (χ3n) is 5.89. The largest absolute Gasteiger partial charge is 0.490 e. The van der Waals surface area contributed by atoms with Crippen molar-refractivity contribution in [3.63, 3.8) is 0 Å². The standard InChI is InChI=1S/C25H22F3N3O7S/c1-2-37-20-11-15(12-21-23(33)30(24(34)39-21)14-22(32)29-9-3-4-10-29)5-7-19(20)38-18-8-6-16(25(26,27)28)13-17(18)31(35)36/h5-8,11-13H,2-4,9-10,14H2,1H3/b21-12-. The topological polar surface area (TPSA) is 119 Å². The van der Waals surface area contributed by atoms with Crippen LogP contribution in [-0.4, -0.2) is 58.0 Å². The molecule has 0 atom stereocenters. The molecule has 0 bridgehead atoms. The Morgan fingerprint density at radius 2 is 1.79 bits per heavy atom. The molecule has 2 fully saturated rings. The summed E-state index contributed by atoms with van der Waals surface area (Å²) in [4.78, 5) is 50.7. The normalized spacial score (nSPS) is 16.8. The van der Waals surface area contributed by atoms with Gasteiger partial charge in [0.25, 0.3) is 11.1 Å². The minimum absolute atomic E-state index is 0.0128. The lowest BCUT2D eigenvalue weighted by Crippen LogP contribution is -2.40. The van der Waals surface area contributed by atoms with Crippen LogP contribution in [0.15, 0.2) is 41.3 Å². The number of halogens is 3. The lowest BCUT2D eigenvalue weighted by molar-refractivity contribution is -0.385. The summed E-state index contributed by atoms with van der Waals surface area (Å²) in [5.41, 5.74) is -1.66. The Kier molecular flexibility index (Phi) is 8.14. The van der Waals surface area contributed by atoms with E-state index in [2.05, 4.69) is 0 Å². The summed E-state index contributed by atoms with van der Waals surface area (Å²) < 4.78 is 50.2.